The Kier molecular flexibility index (Phi) is 5.84. The van der Waals surface area contributed by atoms with E-state index in [1.54, 1.807) is 0 Å². The van der Waals surface area contributed by atoms with Crippen molar-refractivity contribution in [2.45, 2.75) is 47.0 Å². The molecule has 5 nitrogen and oxygen atoms in total. The Morgan fingerprint density at radius 2 is 1.96 bits per heavy atom. The van der Waals surface area contributed by atoms with Gasteiger partial charge in [0.05, 0.1) is 5.75 Å². The quantitative estimate of drug-likeness (QED) is 0.763. The summed E-state index contributed by atoms with van der Waals surface area (Å²) in [6.07, 6.45) is 2.56. The number of nitrogens with zero attached hydrogens (tertiary/aromatic N) is 1. The first-order chi connectivity index (χ1) is 11.5. The maximum absolute atomic E-state index is 10.9. The second kappa shape index (κ2) is 7.38. The van der Waals surface area contributed by atoms with Crippen LogP contribution in [0.5, 0.6) is 5.75 Å². The van der Waals surface area contributed by atoms with Crippen molar-refractivity contribution in [3.05, 3.63) is 35.6 Å². The zero-order valence-electron chi connectivity index (χ0n) is 15.7. The second-order valence-corrected chi connectivity index (χ2v) is 9.19. The maximum atomic E-state index is 10.9. The number of ether oxygens (including phenoxy) is 1. The zero-order chi connectivity index (χ0) is 18.8. The molecule has 1 unspecified atom stereocenters. The van der Waals surface area contributed by atoms with Crippen LogP contribution in [0.25, 0.3) is 0 Å². The van der Waals surface area contributed by atoms with Crippen LogP contribution in [0.4, 0.5) is 5.69 Å². The summed E-state index contributed by atoms with van der Waals surface area (Å²) in [5.74, 6) is 1.91. The van der Waals surface area contributed by atoms with Crippen molar-refractivity contribution in [3.63, 3.8) is 0 Å². The van der Waals surface area contributed by atoms with Gasteiger partial charge in [-0.05, 0) is 25.5 Å². The topological polar surface area (TPSA) is 66.8 Å². The molecule has 1 N–H and O–H groups in total. The van der Waals surface area contributed by atoms with Gasteiger partial charge in [0.1, 0.15) is 11.5 Å². The predicted molar refractivity (Wildman–Crippen MR) is 102 cm³/mol. The van der Waals surface area contributed by atoms with Gasteiger partial charge in [0.15, 0.2) is 0 Å². The third-order valence-electron chi connectivity index (χ3n) is 4.43. The molecular weight excluding hydrogens is 338 g/mol. The number of fused-ring (bicyclic) bond motifs is 1. The number of rotatable bonds is 6. The molecule has 0 radical (unpaired) electrons. The van der Waals surface area contributed by atoms with E-state index in [0.29, 0.717) is 18.9 Å². The largest absolute Gasteiger partial charge is 0.461 e. The van der Waals surface area contributed by atoms with E-state index in [1.807, 2.05) is 19.1 Å². The molecule has 1 atom stereocenters. The van der Waals surface area contributed by atoms with Crippen molar-refractivity contribution in [1.29, 1.82) is 0 Å². The van der Waals surface area contributed by atoms with Gasteiger partial charge in [-0.15, -0.1) is 0 Å². The third-order valence-corrected chi connectivity index (χ3v) is 5.23. The number of hydrogen-bond acceptors (Lipinski definition) is 4. The minimum atomic E-state index is -3.91. The Morgan fingerprint density at radius 3 is 2.52 bits per heavy atom. The van der Waals surface area contributed by atoms with Crippen molar-refractivity contribution >= 4 is 15.8 Å². The van der Waals surface area contributed by atoms with Crippen LogP contribution in [0.2, 0.25) is 0 Å². The van der Waals surface area contributed by atoms with E-state index in [4.69, 9.17) is 9.29 Å². The molecular formula is C19H29NO4S. The van der Waals surface area contributed by atoms with Crippen LogP contribution >= 0.6 is 0 Å². The van der Waals surface area contributed by atoms with E-state index in [1.165, 1.54) is 0 Å². The monoisotopic (exact) mass is 367 g/mol. The molecule has 0 aliphatic carbocycles. The first-order valence-corrected chi connectivity index (χ1v) is 10.4. The van der Waals surface area contributed by atoms with E-state index in [0.717, 1.165) is 29.3 Å². The number of benzene rings is 1. The lowest BCUT2D eigenvalue weighted by Gasteiger charge is -2.31. The molecule has 1 aliphatic heterocycles. The molecule has 25 heavy (non-hydrogen) atoms. The van der Waals surface area contributed by atoms with Crippen LogP contribution in [-0.4, -0.2) is 31.8 Å². The molecule has 1 aliphatic rings. The Balaban J connectivity index is 2.20. The first-order valence-electron chi connectivity index (χ1n) is 8.75. The summed E-state index contributed by atoms with van der Waals surface area (Å²) in [4.78, 5) is 2.09. The summed E-state index contributed by atoms with van der Waals surface area (Å²) in [5, 5.41) is 0. The maximum Gasteiger partial charge on any atom is 0.264 e. The van der Waals surface area contributed by atoms with Gasteiger partial charge in [0, 0.05) is 41.7 Å². The molecule has 1 aromatic rings. The van der Waals surface area contributed by atoms with E-state index in [2.05, 4.69) is 44.7 Å². The lowest BCUT2D eigenvalue weighted by atomic mass is 9.87. The number of hydrogen-bond donors (Lipinski definition) is 1. The van der Waals surface area contributed by atoms with E-state index in [9.17, 15) is 8.42 Å². The van der Waals surface area contributed by atoms with Crippen molar-refractivity contribution in [2.24, 2.45) is 5.41 Å². The smallest absolute Gasteiger partial charge is 0.264 e. The Morgan fingerprint density at radius 1 is 1.28 bits per heavy atom. The lowest BCUT2D eigenvalue weighted by Crippen LogP contribution is -2.26. The van der Waals surface area contributed by atoms with Gasteiger partial charge >= 0.3 is 0 Å². The summed E-state index contributed by atoms with van der Waals surface area (Å²) >= 11 is 0. The van der Waals surface area contributed by atoms with Gasteiger partial charge in [-0.3, -0.25) is 4.55 Å². The summed E-state index contributed by atoms with van der Waals surface area (Å²) < 4.78 is 36.9. The highest BCUT2D eigenvalue weighted by molar-refractivity contribution is 7.85. The number of allylic oxidation sites excluding steroid dienone is 2. The van der Waals surface area contributed by atoms with Gasteiger partial charge in [0.25, 0.3) is 10.1 Å². The number of anilines is 1. The highest BCUT2D eigenvalue weighted by atomic mass is 32.2. The van der Waals surface area contributed by atoms with Crippen LogP contribution in [0, 0.1) is 5.41 Å². The normalized spacial score (nSPS) is 17.5. The van der Waals surface area contributed by atoms with E-state index in [-0.39, 0.29) is 11.2 Å². The molecule has 0 aromatic heterocycles. The molecule has 1 aromatic carbocycles. The average Bonchev–Trinajstić information content (AvgIpc) is 2.49. The van der Waals surface area contributed by atoms with Gasteiger partial charge in [-0.2, -0.15) is 8.42 Å². The fourth-order valence-corrected chi connectivity index (χ4v) is 3.46. The van der Waals surface area contributed by atoms with Gasteiger partial charge in [0.2, 0.25) is 0 Å². The molecule has 0 spiro atoms. The lowest BCUT2D eigenvalue weighted by molar-refractivity contribution is 0.280. The molecule has 0 fully saturated rings. The fraction of sp³-hybridized carbons (Fsp3) is 0.579. The first kappa shape index (κ1) is 19.8. The highest BCUT2D eigenvalue weighted by Gasteiger charge is 2.27. The van der Waals surface area contributed by atoms with Crippen LogP contribution < -0.4 is 9.64 Å². The zero-order valence-corrected chi connectivity index (χ0v) is 16.6. The van der Waals surface area contributed by atoms with E-state index < -0.39 is 10.1 Å². The summed E-state index contributed by atoms with van der Waals surface area (Å²) in [5.41, 5.74) is 2.10. The molecule has 0 bridgehead atoms. The molecule has 2 rings (SSSR count). The third kappa shape index (κ3) is 5.22. The van der Waals surface area contributed by atoms with Crippen LogP contribution in [0.15, 0.2) is 30.0 Å². The molecule has 0 amide bonds. The Hall–Kier alpha value is -1.53. The highest BCUT2D eigenvalue weighted by Crippen LogP contribution is 2.41. The Labute approximate surface area is 151 Å². The van der Waals surface area contributed by atoms with Crippen molar-refractivity contribution in [2.75, 3.05) is 23.7 Å². The summed E-state index contributed by atoms with van der Waals surface area (Å²) in [6.45, 7) is 11.9. The van der Waals surface area contributed by atoms with Gasteiger partial charge in [-0.1, -0.05) is 33.8 Å². The minimum absolute atomic E-state index is 0.0537. The molecule has 6 heteroatoms. The fourth-order valence-electron chi connectivity index (χ4n) is 2.96. The van der Waals surface area contributed by atoms with Crippen LogP contribution in [-0.2, 0) is 10.1 Å². The molecule has 0 saturated heterocycles. The predicted octanol–water partition coefficient (Wildman–Crippen LogP) is 4.22. The molecule has 140 valence electrons. The van der Waals surface area contributed by atoms with Crippen LogP contribution in [0.1, 0.15) is 52.5 Å². The van der Waals surface area contributed by atoms with Crippen LogP contribution in [0.3, 0.4) is 0 Å². The van der Waals surface area contributed by atoms with Gasteiger partial charge < -0.3 is 9.64 Å². The van der Waals surface area contributed by atoms with E-state index >= 15 is 0 Å². The molecule has 0 saturated carbocycles. The Bertz CT molecular complexity index is 747. The van der Waals surface area contributed by atoms with Crippen molar-refractivity contribution < 1.29 is 17.7 Å². The summed E-state index contributed by atoms with van der Waals surface area (Å²) in [7, 11) is -3.91. The average molecular weight is 368 g/mol. The molecule has 1 heterocycles. The van der Waals surface area contributed by atoms with Crippen molar-refractivity contribution in [1.82, 2.24) is 0 Å². The standard InChI is InChI=1S/C19H29NO4S/c1-6-20(10-7-11-25(21,22)23)15-8-9-16-14(2)12-18(19(3,4)5)24-17(16)13-15/h8-9,12-14H,6-7,10-11H2,1-5H3,(H,21,22,23). The summed E-state index contributed by atoms with van der Waals surface area (Å²) in [6, 6.07) is 6.16. The second-order valence-electron chi connectivity index (χ2n) is 7.61. The minimum Gasteiger partial charge on any atom is -0.461 e. The SMILES string of the molecule is CCN(CCCS(=O)(=O)O)c1ccc2c(c1)OC(C(C)(C)C)=CC2C. The van der Waals surface area contributed by atoms with Gasteiger partial charge in [-0.25, -0.2) is 0 Å². The van der Waals surface area contributed by atoms with Crippen molar-refractivity contribution in [3.8, 4) is 5.75 Å².